The zero-order chi connectivity index (χ0) is 15.1. The van der Waals surface area contributed by atoms with E-state index in [0.717, 1.165) is 45.7 Å². The molecule has 2 heterocycles. The second-order valence-electron chi connectivity index (χ2n) is 5.75. The Morgan fingerprint density at radius 1 is 1.14 bits per heavy atom. The maximum absolute atomic E-state index is 12.1. The molecule has 2 aliphatic heterocycles. The molecule has 0 aromatic rings. The number of piperidine rings is 1. The Balaban J connectivity index is 1.62. The van der Waals surface area contributed by atoms with Crippen molar-refractivity contribution in [3.05, 3.63) is 0 Å². The molecule has 0 saturated carbocycles. The minimum atomic E-state index is 0.0654. The van der Waals surface area contributed by atoms with Crippen molar-refractivity contribution in [3.63, 3.8) is 0 Å². The van der Waals surface area contributed by atoms with E-state index in [1.807, 2.05) is 11.8 Å². The van der Waals surface area contributed by atoms with Gasteiger partial charge in [-0.2, -0.15) is 0 Å². The van der Waals surface area contributed by atoms with Crippen LogP contribution in [0, 0.1) is 5.92 Å². The van der Waals surface area contributed by atoms with Crippen LogP contribution in [0.3, 0.4) is 0 Å². The molecule has 2 fully saturated rings. The highest BCUT2D eigenvalue weighted by Crippen LogP contribution is 2.17. The van der Waals surface area contributed by atoms with Crippen molar-refractivity contribution in [3.8, 4) is 0 Å². The van der Waals surface area contributed by atoms with Gasteiger partial charge in [0.1, 0.15) is 0 Å². The molecule has 21 heavy (non-hydrogen) atoms. The fourth-order valence-corrected chi connectivity index (χ4v) is 2.92. The van der Waals surface area contributed by atoms with Crippen LogP contribution < -0.4 is 5.32 Å². The molecular weight excluding hydrogens is 270 g/mol. The molecular formula is C15H27N3O3. The zero-order valence-corrected chi connectivity index (χ0v) is 13.0. The molecule has 0 radical (unpaired) electrons. The standard InChI is InChI=1S/C15H27N3O3/c1-2-14(19)18-6-3-13(4-7-18)15(20)16-5-8-17-9-11-21-12-10-17/h13H,2-12H2,1H3,(H,16,20). The zero-order valence-electron chi connectivity index (χ0n) is 13.0. The quantitative estimate of drug-likeness (QED) is 0.781. The smallest absolute Gasteiger partial charge is 0.223 e. The van der Waals surface area contributed by atoms with Crippen molar-refractivity contribution in [2.45, 2.75) is 26.2 Å². The van der Waals surface area contributed by atoms with Crippen LogP contribution in [0.4, 0.5) is 0 Å². The molecule has 0 spiro atoms. The fourth-order valence-electron chi connectivity index (χ4n) is 2.92. The van der Waals surface area contributed by atoms with Gasteiger partial charge >= 0.3 is 0 Å². The summed E-state index contributed by atoms with van der Waals surface area (Å²) in [5.41, 5.74) is 0. The molecule has 0 aromatic carbocycles. The van der Waals surface area contributed by atoms with Crippen LogP contribution >= 0.6 is 0 Å². The number of ether oxygens (including phenoxy) is 1. The van der Waals surface area contributed by atoms with E-state index < -0.39 is 0 Å². The molecule has 6 nitrogen and oxygen atoms in total. The fraction of sp³-hybridized carbons (Fsp3) is 0.867. The van der Waals surface area contributed by atoms with Crippen LogP contribution in [-0.4, -0.2) is 74.1 Å². The van der Waals surface area contributed by atoms with Crippen LogP contribution in [0.25, 0.3) is 0 Å². The van der Waals surface area contributed by atoms with E-state index >= 15 is 0 Å². The first-order valence-corrected chi connectivity index (χ1v) is 8.06. The molecule has 2 amide bonds. The van der Waals surface area contributed by atoms with Gasteiger partial charge in [0, 0.05) is 51.6 Å². The number of carbonyl (C=O) groups excluding carboxylic acids is 2. The second kappa shape index (κ2) is 8.34. The van der Waals surface area contributed by atoms with E-state index in [1.165, 1.54) is 0 Å². The maximum Gasteiger partial charge on any atom is 0.223 e. The van der Waals surface area contributed by atoms with Crippen molar-refractivity contribution in [2.75, 3.05) is 52.5 Å². The number of morpholine rings is 1. The number of rotatable bonds is 5. The maximum atomic E-state index is 12.1. The third kappa shape index (κ3) is 4.97. The van der Waals surface area contributed by atoms with Crippen LogP contribution in [0.2, 0.25) is 0 Å². The minimum Gasteiger partial charge on any atom is -0.379 e. The van der Waals surface area contributed by atoms with Crippen LogP contribution in [0.15, 0.2) is 0 Å². The lowest BCUT2D eigenvalue weighted by Crippen LogP contribution is -2.45. The summed E-state index contributed by atoms with van der Waals surface area (Å²) < 4.78 is 5.30. The lowest BCUT2D eigenvalue weighted by atomic mass is 9.95. The van der Waals surface area contributed by atoms with Crippen LogP contribution in [0.5, 0.6) is 0 Å². The summed E-state index contributed by atoms with van der Waals surface area (Å²) in [5, 5.41) is 3.03. The number of carbonyl (C=O) groups is 2. The molecule has 6 heteroatoms. The van der Waals surface area contributed by atoms with E-state index in [0.29, 0.717) is 26.1 Å². The number of hydrogen-bond acceptors (Lipinski definition) is 4. The second-order valence-corrected chi connectivity index (χ2v) is 5.75. The summed E-state index contributed by atoms with van der Waals surface area (Å²) in [6.07, 6.45) is 2.13. The average Bonchev–Trinajstić information content (AvgIpc) is 2.55. The van der Waals surface area contributed by atoms with Gasteiger partial charge in [0.25, 0.3) is 0 Å². The minimum absolute atomic E-state index is 0.0654. The van der Waals surface area contributed by atoms with Gasteiger partial charge in [-0.1, -0.05) is 6.92 Å². The Morgan fingerprint density at radius 2 is 1.81 bits per heavy atom. The first-order valence-electron chi connectivity index (χ1n) is 8.06. The van der Waals surface area contributed by atoms with Gasteiger partial charge in [0.05, 0.1) is 13.2 Å². The summed E-state index contributed by atoms with van der Waals surface area (Å²) in [7, 11) is 0. The molecule has 0 aromatic heterocycles. The predicted octanol–water partition coefficient (Wildman–Crippen LogP) is 0.0834. The van der Waals surface area contributed by atoms with Gasteiger partial charge in [-0.25, -0.2) is 0 Å². The van der Waals surface area contributed by atoms with E-state index in [4.69, 9.17) is 4.74 Å². The largest absolute Gasteiger partial charge is 0.379 e. The monoisotopic (exact) mass is 297 g/mol. The van der Waals surface area contributed by atoms with Gasteiger partial charge in [0.15, 0.2) is 0 Å². The molecule has 0 unspecified atom stereocenters. The topological polar surface area (TPSA) is 61.9 Å². The molecule has 2 aliphatic rings. The number of nitrogens with zero attached hydrogens (tertiary/aromatic N) is 2. The SMILES string of the molecule is CCC(=O)N1CCC(C(=O)NCCN2CCOCC2)CC1. The lowest BCUT2D eigenvalue weighted by Gasteiger charge is -2.31. The van der Waals surface area contributed by atoms with Crippen molar-refractivity contribution < 1.29 is 14.3 Å². The number of hydrogen-bond donors (Lipinski definition) is 1. The highest BCUT2D eigenvalue weighted by atomic mass is 16.5. The Kier molecular flexibility index (Phi) is 6.45. The molecule has 1 N–H and O–H groups in total. The summed E-state index contributed by atoms with van der Waals surface area (Å²) >= 11 is 0. The summed E-state index contributed by atoms with van der Waals surface area (Å²) in [6.45, 7) is 8.39. The molecule has 0 atom stereocenters. The van der Waals surface area contributed by atoms with Gasteiger partial charge < -0.3 is 15.0 Å². The van der Waals surface area contributed by atoms with Crippen molar-refractivity contribution >= 4 is 11.8 Å². The summed E-state index contributed by atoms with van der Waals surface area (Å²) in [5.74, 6) is 0.406. The third-order valence-corrected chi connectivity index (χ3v) is 4.35. The van der Waals surface area contributed by atoms with Crippen molar-refractivity contribution in [1.82, 2.24) is 15.1 Å². The van der Waals surface area contributed by atoms with Gasteiger partial charge in [-0.15, -0.1) is 0 Å². The van der Waals surface area contributed by atoms with E-state index in [1.54, 1.807) is 0 Å². The Bertz CT molecular complexity index is 348. The first kappa shape index (κ1) is 16.2. The Labute approximate surface area is 126 Å². The molecule has 2 saturated heterocycles. The highest BCUT2D eigenvalue weighted by Gasteiger charge is 2.26. The molecule has 120 valence electrons. The number of likely N-dealkylation sites (tertiary alicyclic amines) is 1. The molecule has 0 aliphatic carbocycles. The highest BCUT2D eigenvalue weighted by molar-refractivity contribution is 5.80. The summed E-state index contributed by atoms with van der Waals surface area (Å²) in [6, 6.07) is 0. The Hall–Kier alpha value is -1.14. The van der Waals surface area contributed by atoms with Crippen LogP contribution in [0.1, 0.15) is 26.2 Å². The Morgan fingerprint density at radius 3 is 2.43 bits per heavy atom. The lowest BCUT2D eigenvalue weighted by molar-refractivity contribution is -0.135. The normalized spacial score (nSPS) is 21.3. The number of nitrogens with one attached hydrogen (secondary N) is 1. The van der Waals surface area contributed by atoms with Gasteiger partial charge in [-0.3, -0.25) is 14.5 Å². The van der Waals surface area contributed by atoms with E-state index in [2.05, 4.69) is 10.2 Å². The molecule has 2 rings (SSSR count). The predicted molar refractivity (Wildman–Crippen MR) is 79.9 cm³/mol. The van der Waals surface area contributed by atoms with E-state index in [-0.39, 0.29) is 17.7 Å². The average molecular weight is 297 g/mol. The summed E-state index contributed by atoms with van der Waals surface area (Å²) in [4.78, 5) is 27.9. The van der Waals surface area contributed by atoms with E-state index in [9.17, 15) is 9.59 Å². The molecule has 0 bridgehead atoms. The van der Waals surface area contributed by atoms with Gasteiger partial charge in [0.2, 0.25) is 11.8 Å². The van der Waals surface area contributed by atoms with Crippen molar-refractivity contribution in [1.29, 1.82) is 0 Å². The van der Waals surface area contributed by atoms with Crippen LogP contribution in [-0.2, 0) is 14.3 Å². The van der Waals surface area contributed by atoms with Crippen molar-refractivity contribution in [2.24, 2.45) is 5.92 Å². The first-order chi connectivity index (χ1) is 10.2. The third-order valence-electron chi connectivity index (χ3n) is 4.35. The van der Waals surface area contributed by atoms with Gasteiger partial charge in [-0.05, 0) is 12.8 Å². The number of amides is 2.